The fraction of sp³-hybridized carbons (Fsp3) is 0.222. The third-order valence-electron chi connectivity index (χ3n) is 1.78. The van der Waals surface area contributed by atoms with E-state index < -0.39 is 28.5 Å². The fourth-order valence-corrected chi connectivity index (χ4v) is 0.940. The highest BCUT2D eigenvalue weighted by Gasteiger charge is 2.17. The number of carboxylic acids is 1. The molecule has 0 unspecified atom stereocenters. The summed E-state index contributed by atoms with van der Waals surface area (Å²) >= 11 is 0. The van der Waals surface area contributed by atoms with Crippen molar-refractivity contribution < 1.29 is 24.0 Å². The lowest BCUT2D eigenvalue weighted by atomic mass is 10.3. The van der Waals surface area contributed by atoms with Gasteiger partial charge in [-0.05, 0) is 13.0 Å². The van der Waals surface area contributed by atoms with Gasteiger partial charge in [-0.2, -0.15) is 0 Å². The van der Waals surface area contributed by atoms with E-state index in [4.69, 9.17) is 9.84 Å². The number of nitro benzene ring substituents is 1. The Labute approximate surface area is 89.4 Å². The Morgan fingerprint density at radius 1 is 1.62 bits per heavy atom. The normalized spacial score (nSPS) is 11.9. The van der Waals surface area contributed by atoms with Gasteiger partial charge in [0.1, 0.15) is 0 Å². The molecule has 6 nitrogen and oxygen atoms in total. The Hall–Kier alpha value is -2.18. The van der Waals surface area contributed by atoms with Gasteiger partial charge in [0.2, 0.25) is 0 Å². The van der Waals surface area contributed by atoms with Gasteiger partial charge in [-0.15, -0.1) is 0 Å². The Morgan fingerprint density at radius 3 is 2.69 bits per heavy atom. The minimum absolute atomic E-state index is 0.333. The third-order valence-corrected chi connectivity index (χ3v) is 1.78. The highest BCUT2D eigenvalue weighted by atomic mass is 19.1. The van der Waals surface area contributed by atoms with Gasteiger partial charge in [-0.25, -0.2) is 9.18 Å². The van der Waals surface area contributed by atoms with Crippen molar-refractivity contribution in [2.24, 2.45) is 0 Å². The van der Waals surface area contributed by atoms with Crippen LogP contribution in [0, 0.1) is 15.9 Å². The third kappa shape index (κ3) is 2.66. The van der Waals surface area contributed by atoms with Crippen LogP contribution in [0.1, 0.15) is 6.92 Å². The van der Waals surface area contributed by atoms with Gasteiger partial charge in [0, 0.05) is 6.07 Å². The smallest absolute Gasteiger partial charge is 0.344 e. The maximum Gasteiger partial charge on any atom is 0.344 e. The van der Waals surface area contributed by atoms with Gasteiger partial charge < -0.3 is 9.84 Å². The summed E-state index contributed by atoms with van der Waals surface area (Å²) in [7, 11) is 0. The van der Waals surface area contributed by atoms with Crippen molar-refractivity contribution in [3.63, 3.8) is 0 Å². The molecule has 7 heteroatoms. The molecule has 1 aromatic carbocycles. The number of nitro groups is 1. The Balaban J connectivity index is 2.91. The van der Waals surface area contributed by atoms with E-state index in [0.29, 0.717) is 6.07 Å². The van der Waals surface area contributed by atoms with E-state index in [2.05, 4.69) is 0 Å². The van der Waals surface area contributed by atoms with Gasteiger partial charge in [0.25, 0.3) is 5.69 Å². The van der Waals surface area contributed by atoms with Crippen molar-refractivity contribution in [2.75, 3.05) is 0 Å². The van der Waals surface area contributed by atoms with Crippen LogP contribution in [-0.4, -0.2) is 22.1 Å². The molecular weight excluding hydrogens is 221 g/mol. The largest absolute Gasteiger partial charge is 0.479 e. The van der Waals surface area contributed by atoms with E-state index in [1.165, 1.54) is 6.92 Å². The van der Waals surface area contributed by atoms with E-state index >= 15 is 0 Å². The summed E-state index contributed by atoms with van der Waals surface area (Å²) in [6, 6.07) is 2.73. The second-order valence-corrected chi connectivity index (χ2v) is 2.97. The average molecular weight is 229 g/mol. The van der Waals surface area contributed by atoms with Gasteiger partial charge in [0.05, 0.1) is 11.0 Å². The molecule has 0 heterocycles. The first-order valence-corrected chi connectivity index (χ1v) is 4.25. The number of non-ortho nitro benzene ring substituents is 1. The molecule has 0 fully saturated rings. The first-order chi connectivity index (χ1) is 7.41. The van der Waals surface area contributed by atoms with Crippen molar-refractivity contribution in [3.8, 4) is 5.75 Å². The zero-order chi connectivity index (χ0) is 12.3. The highest BCUT2D eigenvalue weighted by molar-refractivity contribution is 5.72. The molecule has 86 valence electrons. The van der Waals surface area contributed by atoms with Crippen molar-refractivity contribution in [1.29, 1.82) is 0 Å². The van der Waals surface area contributed by atoms with Crippen LogP contribution >= 0.6 is 0 Å². The van der Waals surface area contributed by atoms with Crippen LogP contribution in [0.5, 0.6) is 5.75 Å². The second-order valence-electron chi connectivity index (χ2n) is 2.97. The SMILES string of the molecule is C[C@@H](Oc1ccc([N+](=O)[O-])cc1F)C(=O)O. The number of benzene rings is 1. The van der Waals surface area contributed by atoms with Gasteiger partial charge in [-0.1, -0.05) is 0 Å². The molecule has 0 aliphatic carbocycles. The summed E-state index contributed by atoms with van der Waals surface area (Å²) in [6.07, 6.45) is -1.23. The molecular formula is C9H8FNO5. The lowest BCUT2D eigenvalue weighted by Crippen LogP contribution is -2.23. The quantitative estimate of drug-likeness (QED) is 0.625. The van der Waals surface area contributed by atoms with Crippen molar-refractivity contribution in [3.05, 3.63) is 34.1 Å². The topological polar surface area (TPSA) is 89.7 Å². The monoisotopic (exact) mass is 229 g/mol. The summed E-state index contributed by atoms with van der Waals surface area (Å²) < 4.78 is 18.0. The lowest BCUT2D eigenvalue weighted by Gasteiger charge is -2.10. The molecule has 0 aromatic heterocycles. The van der Waals surface area contributed by atoms with E-state index in [0.717, 1.165) is 12.1 Å². The zero-order valence-electron chi connectivity index (χ0n) is 8.21. The average Bonchev–Trinajstić information content (AvgIpc) is 2.20. The number of hydrogen-bond donors (Lipinski definition) is 1. The van der Waals surface area contributed by atoms with E-state index in [1.807, 2.05) is 0 Å². The van der Waals surface area contributed by atoms with Crippen LogP contribution in [0.2, 0.25) is 0 Å². The minimum atomic E-state index is -1.25. The molecule has 0 bridgehead atoms. The second kappa shape index (κ2) is 4.56. The maximum atomic E-state index is 13.2. The molecule has 1 aromatic rings. The van der Waals surface area contributed by atoms with Crippen LogP contribution in [-0.2, 0) is 4.79 Å². The molecule has 1 atom stereocenters. The highest BCUT2D eigenvalue weighted by Crippen LogP contribution is 2.23. The van der Waals surface area contributed by atoms with E-state index in [9.17, 15) is 19.3 Å². The van der Waals surface area contributed by atoms with Crippen molar-refractivity contribution >= 4 is 11.7 Å². The lowest BCUT2D eigenvalue weighted by molar-refractivity contribution is -0.385. The van der Waals surface area contributed by atoms with Crippen molar-refractivity contribution in [2.45, 2.75) is 13.0 Å². The Kier molecular flexibility index (Phi) is 3.39. The summed E-state index contributed by atoms with van der Waals surface area (Å²) in [4.78, 5) is 20.0. The summed E-state index contributed by atoms with van der Waals surface area (Å²) in [5.74, 6) is -2.56. The number of carboxylic acid groups (broad SMARTS) is 1. The molecule has 0 amide bonds. The molecule has 0 radical (unpaired) electrons. The Bertz CT molecular complexity index is 434. The van der Waals surface area contributed by atoms with Crippen LogP contribution in [0.25, 0.3) is 0 Å². The number of nitrogens with zero attached hydrogens (tertiary/aromatic N) is 1. The van der Waals surface area contributed by atoms with Crippen LogP contribution in [0.4, 0.5) is 10.1 Å². The van der Waals surface area contributed by atoms with Gasteiger partial charge >= 0.3 is 5.97 Å². The standard InChI is InChI=1S/C9H8FNO5/c1-5(9(12)13)16-8-3-2-6(11(14)15)4-7(8)10/h2-5H,1H3,(H,12,13)/t5-/m1/s1. The van der Waals surface area contributed by atoms with Crippen LogP contribution in [0.15, 0.2) is 18.2 Å². The summed E-state index contributed by atoms with van der Waals surface area (Å²) in [6.45, 7) is 1.23. The minimum Gasteiger partial charge on any atom is -0.479 e. The predicted molar refractivity (Wildman–Crippen MR) is 50.8 cm³/mol. The number of carbonyl (C=O) groups is 1. The predicted octanol–water partition coefficient (Wildman–Crippen LogP) is 1.59. The number of aliphatic carboxylic acids is 1. The first kappa shape index (κ1) is 11.9. The Morgan fingerprint density at radius 2 is 2.25 bits per heavy atom. The fourth-order valence-electron chi connectivity index (χ4n) is 0.940. The number of ether oxygens (including phenoxy) is 1. The van der Waals surface area contributed by atoms with Crippen LogP contribution < -0.4 is 4.74 Å². The molecule has 0 saturated carbocycles. The number of rotatable bonds is 4. The summed E-state index contributed by atoms with van der Waals surface area (Å²) in [5, 5.41) is 18.8. The van der Waals surface area contributed by atoms with E-state index in [-0.39, 0.29) is 5.75 Å². The molecule has 1 rings (SSSR count). The van der Waals surface area contributed by atoms with E-state index in [1.54, 1.807) is 0 Å². The molecule has 1 N–H and O–H groups in total. The first-order valence-electron chi connectivity index (χ1n) is 4.25. The van der Waals surface area contributed by atoms with Gasteiger partial charge in [-0.3, -0.25) is 10.1 Å². The maximum absolute atomic E-state index is 13.2. The molecule has 0 aliphatic rings. The molecule has 0 saturated heterocycles. The zero-order valence-corrected chi connectivity index (χ0v) is 8.21. The molecule has 0 aliphatic heterocycles. The van der Waals surface area contributed by atoms with Crippen LogP contribution in [0.3, 0.4) is 0 Å². The number of halogens is 1. The number of hydrogen-bond acceptors (Lipinski definition) is 4. The van der Waals surface area contributed by atoms with Gasteiger partial charge in [0.15, 0.2) is 17.7 Å². The molecule has 0 spiro atoms. The van der Waals surface area contributed by atoms with Crippen molar-refractivity contribution in [1.82, 2.24) is 0 Å². The summed E-state index contributed by atoms with van der Waals surface area (Å²) in [5.41, 5.74) is -0.423. The molecule has 16 heavy (non-hydrogen) atoms.